The number of rotatable bonds is 8. The molecule has 130 valence electrons. The number of amides is 3. The first-order valence-corrected chi connectivity index (χ1v) is 8.38. The lowest BCUT2D eigenvalue weighted by Gasteiger charge is -2.22. The molecule has 2 rings (SSSR count). The Bertz CT molecular complexity index is 574. The van der Waals surface area contributed by atoms with Gasteiger partial charge < -0.3 is 15.1 Å². The smallest absolute Gasteiger partial charge is 0.224 e. The van der Waals surface area contributed by atoms with Crippen molar-refractivity contribution in [3.63, 3.8) is 0 Å². The monoisotopic (exact) mass is 331 g/mol. The molecule has 0 bridgehead atoms. The normalized spacial score (nSPS) is 13.9. The van der Waals surface area contributed by atoms with Crippen LogP contribution in [0.1, 0.15) is 24.8 Å². The Labute approximate surface area is 142 Å². The van der Waals surface area contributed by atoms with Crippen molar-refractivity contribution in [1.29, 1.82) is 0 Å². The van der Waals surface area contributed by atoms with E-state index in [9.17, 15) is 14.4 Å². The average Bonchev–Trinajstić information content (AvgIpc) is 2.98. The molecule has 6 heteroatoms. The van der Waals surface area contributed by atoms with Gasteiger partial charge in [0.2, 0.25) is 17.7 Å². The van der Waals surface area contributed by atoms with Gasteiger partial charge in [0.25, 0.3) is 0 Å². The van der Waals surface area contributed by atoms with E-state index in [1.54, 1.807) is 16.8 Å². The average molecular weight is 331 g/mol. The maximum Gasteiger partial charge on any atom is 0.224 e. The summed E-state index contributed by atoms with van der Waals surface area (Å²) >= 11 is 0. The van der Waals surface area contributed by atoms with Gasteiger partial charge in [-0.1, -0.05) is 30.3 Å². The van der Waals surface area contributed by atoms with E-state index in [0.29, 0.717) is 32.5 Å². The number of nitrogens with zero attached hydrogens (tertiary/aromatic N) is 2. The number of likely N-dealkylation sites (tertiary alicyclic amines) is 1. The highest BCUT2D eigenvalue weighted by Crippen LogP contribution is 2.08. The van der Waals surface area contributed by atoms with E-state index in [2.05, 4.69) is 5.32 Å². The minimum atomic E-state index is -0.0840. The molecule has 1 saturated heterocycles. The highest BCUT2D eigenvalue weighted by atomic mass is 16.2. The van der Waals surface area contributed by atoms with Crippen molar-refractivity contribution < 1.29 is 14.4 Å². The van der Waals surface area contributed by atoms with Crippen LogP contribution in [0.15, 0.2) is 30.3 Å². The van der Waals surface area contributed by atoms with E-state index in [1.807, 2.05) is 30.3 Å². The van der Waals surface area contributed by atoms with Crippen LogP contribution in [0.5, 0.6) is 0 Å². The van der Waals surface area contributed by atoms with Gasteiger partial charge in [-0.05, 0) is 12.0 Å². The Hall–Kier alpha value is -2.37. The van der Waals surface area contributed by atoms with Crippen molar-refractivity contribution in [1.82, 2.24) is 15.1 Å². The Morgan fingerprint density at radius 2 is 2.00 bits per heavy atom. The van der Waals surface area contributed by atoms with Gasteiger partial charge in [0.05, 0.1) is 6.42 Å². The summed E-state index contributed by atoms with van der Waals surface area (Å²) in [6.45, 7) is 2.23. The van der Waals surface area contributed by atoms with E-state index in [1.165, 1.54) is 0 Å². The van der Waals surface area contributed by atoms with Crippen LogP contribution in [0.3, 0.4) is 0 Å². The number of likely N-dealkylation sites (N-methyl/N-ethyl adjacent to an activating group) is 1. The fourth-order valence-electron chi connectivity index (χ4n) is 2.68. The summed E-state index contributed by atoms with van der Waals surface area (Å²) in [5.74, 6) is 0.0602. The van der Waals surface area contributed by atoms with Gasteiger partial charge in [0.1, 0.15) is 0 Å². The van der Waals surface area contributed by atoms with E-state index >= 15 is 0 Å². The molecule has 0 saturated carbocycles. The van der Waals surface area contributed by atoms with Gasteiger partial charge in [0, 0.05) is 46.1 Å². The first-order chi connectivity index (χ1) is 11.6. The molecule has 0 spiro atoms. The SMILES string of the molecule is CN(CCN1CCCC1=O)C(=O)CCNC(=O)Cc1ccccc1. The quantitative estimate of drug-likeness (QED) is 0.767. The van der Waals surface area contributed by atoms with Crippen LogP contribution in [0, 0.1) is 0 Å². The zero-order chi connectivity index (χ0) is 17.4. The fourth-order valence-corrected chi connectivity index (χ4v) is 2.68. The minimum Gasteiger partial charge on any atom is -0.355 e. The predicted molar refractivity (Wildman–Crippen MR) is 91.2 cm³/mol. The number of benzene rings is 1. The molecular formula is C18H25N3O3. The van der Waals surface area contributed by atoms with Gasteiger partial charge in [-0.15, -0.1) is 0 Å². The van der Waals surface area contributed by atoms with Crippen molar-refractivity contribution in [3.8, 4) is 0 Å². The second-order valence-corrected chi connectivity index (χ2v) is 6.06. The van der Waals surface area contributed by atoms with Gasteiger partial charge in [-0.25, -0.2) is 0 Å². The van der Waals surface area contributed by atoms with Gasteiger partial charge in [-0.3, -0.25) is 14.4 Å². The maximum absolute atomic E-state index is 12.0. The molecule has 1 fully saturated rings. The third-order valence-electron chi connectivity index (χ3n) is 4.17. The fraction of sp³-hybridized carbons (Fsp3) is 0.500. The molecule has 1 aromatic carbocycles. The molecule has 1 aliphatic heterocycles. The molecule has 1 aromatic rings. The van der Waals surface area contributed by atoms with Crippen LogP contribution < -0.4 is 5.32 Å². The molecular weight excluding hydrogens is 306 g/mol. The zero-order valence-electron chi connectivity index (χ0n) is 14.2. The van der Waals surface area contributed by atoms with Crippen LogP contribution >= 0.6 is 0 Å². The first kappa shape index (κ1) is 18.0. The summed E-state index contributed by atoms with van der Waals surface area (Å²) in [4.78, 5) is 38.8. The molecule has 0 atom stereocenters. The predicted octanol–water partition coefficient (Wildman–Crippen LogP) is 0.816. The summed E-state index contributed by atoms with van der Waals surface area (Å²) in [6.07, 6.45) is 2.11. The number of hydrogen-bond acceptors (Lipinski definition) is 3. The molecule has 1 aliphatic rings. The summed E-state index contributed by atoms with van der Waals surface area (Å²) in [6, 6.07) is 9.50. The Balaban J connectivity index is 1.61. The van der Waals surface area contributed by atoms with Gasteiger partial charge in [0.15, 0.2) is 0 Å². The lowest BCUT2D eigenvalue weighted by molar-refractivity contribution is -0.132. The summed E-state index contributed by atoms with van der Waals surface area (Å²) < 4.78 is 0. The lowest BCUT2D eigenvalue weighted by Crippen LogP contribution is -2.38. The van der Waals surface area contributed by atoms with E-state index < -0.39 is 0 Å². The third-order valence-corrected chi connectivity index (χ3v) is 4.17. The first-order valence-electron chi connectivity index (χ1n) is 8.38. The van der Waals surface area contributed by atoms with Crippen LogP contribution in [-0.2, 0) is 20.8 Å². The Morgan fingerprint density at radius 1 is 1.25 bits per heavy atom. The summed E-state index contributed by atoms with van der Waals surface area (Å²) in [5, 5.41) is 2.77. The molecule has 0 radical (unpaired) electrons. The van der Waals surface area contributed by atoms with Crippen molar-refractivity contribution in [2.75, 3.05) is 33.2 Å². The number of hydrogen-bond donors (Lipinski definition) is 1. The van der Waals surface area contributed by atoms with Crippen molar-refractivity contribution in [3.05, 3.63) is 35.9 Å². The highest BCUT2D eigenvalue weighted by Gasteiger charge is 2.20. The maximum atomic E-state index is 12.0. The second kappa shape index (κ2) is 9.05. The molecule has 0 aliphatic carbocycles. The van der Waals surface area contributed by atoms with Crippen molar-refractivity contribution in [2.24, 2.45) is 0 Å². The number of carbonyl (C=O) groups is 3. The molecule has 1 N–H and O–H groups in total. The van der Waals surface area contributed by atoms with E-state index in [4.69, 9.17) is 0 Å². The minimum absolute atomic E-state index is 0.0262. The molecule has 0 unspecified atom stereocenters. The third kappa shape index (κ3) is 5.68. The lowest BCUT2D eigenvalue weighted by atomic mass is 10.1. The molecule has 0 aromatic heterocycles. The van der Waals surface area contributed by atoms with Gasteiger partial charge in [-0.2, -0.15) is 0 Å². The Kier molecular flexibility index (Phi) is 6.78. The van der Waals surface area contributed by atoms with Crippen molar-refractivity contribution in [2.45, 2.75) is 25.7 Å². The molecule has 1 heterocycles. The van der Waals surface area contributed by atoms with Crippen LogP contribution in [0.2, 0.25) is 0 Å². The summed E-state index contributed by atoms with van der Waals surface area (Å²) in [7, 11) is 1.73. The molecule has 24 heavy (non-hydrogen) atoms. The van der Waals surface area contributed by atoms with Crippen LogP contribution in [0.25, 0.3) is 0 Å². The number of carbonyl (C=O) groups excluding carboxylic acids is 3. The Morgan fingerprint density at radius 3 is 2.67 bits per heavy atom. The van der Waals surface area contributed by atoms with Crippen LogP contribution in [0.4, 0.5) is 0 Å². The largest absolute Gasteiger partial charge is 0.355 e. The molecule has 3 amide bonds. The molecule has 6 nitrogen and oxygen atoms in total. The summed E-state index contributed by atoms with van der Waals surface area (Å²) in [5.41, 5.74) is 0.953. The number of nitrogens with one attached hydrogen (secondary N) is 1. The van der Waals surface area contributed by atoms with E-state index in [-0.39, 0.29) is 24.1 Å². The standard InChI is InChI=1S/C18H25N3O3/c1-20(12-13-21-11-5-8-18(21)24)17(23)9-10-19-16(22)14-15-6-3-2-4-7-15/h2-4,6-7H,5,8-14H2,1H3,(H,19,22). The van der Waals surface area contributed by atoms with Crippen molar-refractivity contribution >= 4 is 17.7 Å². The highest BCUT2D eigenvalue weighted by molar-refractivity contribution is 5.80. The second-order valence-electron chi connectivity index (χ2n) is 6.06. The topological polar surface area (TPSA) is 69.7 Å². The van der Waals surface area contributed by atoms with E-state index in [0.717, 1.165) is 18.5 Å². The zero-order valence-corrected chi connectivity index (χ0v) is 14.2. The van der Waals surface area contributed by atoms with Crippen LogP contribution in [-0.4, -0.2) is 60.7 Å². The van der Waals surface area contributed by atoms with Gasteiger partial charge >= 0.3 is 0 Å².